The van der Waals surface area contributed by atoms with E-state index in [2.05, 4.69) is 25.8 Å². The molecule has 1 aliphatic carbocycles. The van der Waals surface area contributed by atoms with Crippen LogP contribution in [0.1, 0.15) is 45.7 Å². The van der Waals surface area contributed by atoms with Gasteiger partial charge in [-0.25, -0.2) is 14.3 Å². The third kappa shape index (κ3) is 4.67. The van der Waals surface area contributed by atoms with Gasteiger partial charge in [-0.05, 0) is 42.7 Å². The van der Waals surface area contributed by atoms with E-state index < -0.39 is 41.3 Å². The Hall–Kier alpha value is -2.65. The van der Waals surface area contributed by atoms with Crippen LogP contribution in [0.3, 0.4) is 0 Å². The van der Waals surface area contributed by atoms with E-state index in [1.165, 1.54) is 7.05 Å². The summed E-state index contributed by atoms with van der Waals surface area (Å²) in [5, 5.41) is -0.186. The first kappa shape index (κ1) is 23.0. The maximum atomic E-state index is 12.9. The fourth-order valence-corrected chi connectivity index (χ4v) is 4.26. The molecule has 170 valence electrons. The van der Waals surface area contributed by atoms with Crippen LogP contribution in [-0.2, 0) is 29.3 Å². The Morgan fingerprint density at radius 3 is 2.55 bits per heavy atom. The van der Waals surface area contributed by atoms with Crippen LogP contribution in [0.4, 0.5) is 13.2 Å². The van der Waals surface area contributed by atoms with Gasteiger partial charge in [-0.2, -0.15) is 13.2 Å². The van der Waals surface area contributed by atoms with Crippen molar-refractivity contribution in [2.75, 3.05) is 0 Å². The van der Waals surface area contributed by atoms with Crippen LogP contribution in [0, 0.1) is 17.8 Å². The van der Waals surface area contributed by atoms with Gasteiger partial charge in [0.25, 0.3) is 5.56 Å². The number of rotatable bonds is 4. The van der Waals surface area contributed by atoms with Crippen molar-refractivity contribution in [2.24, 2.45) is 24.8 Å². The molecule has 2 aromatic heterocycles. The van der Waals surface area contributed by atoms with Gasteiger partial charge in [0, 0.05) is 7.05 Å². The van der Waals surface area contributed by atoms with Crippen molar-refractivity contribution in [3.05, 3.63) is 38.7 Å². The lowest BCUT2D eigenvalue weighted by Gasteiger charge is -2.36. The largest absolute Gasteiger partial charge is 0.461 e. The van der Waals surface area contributed by atoms with E-state index in [9.17, 15) is 27.6 Å². The minimum atomic E-state index is -4.72. The van der Waals surface area contributed by atoms with Gasteiger partial charge in [0.05, 0.1) is 5.39 Å². The average Bonchev–Trinajstić information content (AvgIpc) is 2.68. The van der Waals surface area contributed by atoms with Crippen molar-refractivity contribution in [3.8, 4) is 0 Å². The first-order valence-electron chi connectivity index (χ1n) is 10.3. The molecule has 0 aliphatic heterocycles. The van der Waals surface area contributed by atoms with Gasteiger partial charge in [-0.3, -0.25) is 14.2 Å². The van der Waals surface area contributed by atoms with E-state index in [4.69, 9.17) is 4.74 Å². The summed E-state index contributed by atoms with van der Waals surface area (Å²) in [5.41, 5.74) is -3.42. The van der Waals surface area contributed by atoms with E-state index in [1.807, 2.05) is 0 Å². The van der Waals surface area contributed by atoms with Crippen LogP contribution in [0.25, 0.3) is 11.0 Å². The molecule has 10 heteroatoms. The quantitative estimate of drug-likeness (QED) is 0.681. The molecule has 31 heavy (non-hydrogen) atoms. The number of aromatic nitrogens is 3. The van der Waals surface area contributed by atoms with Crippen LogP contribution < -0.4 is 11.2 Å². The SMILES string of the molecule is CC(C)[C@H]1CC[C@@H](C)C[C@H]1OC(=O)Cn1c(=O)c2ccc(C(F)(F)F)nc2n(C)c1=O. The first-order valence-corrected chi connectivity index (χ1v) is 10.3. The van der Waals surface area contributed by atoms with E-state index >= 15 is 0 Å². The van der Waals surface area contributed by atoms with Crippen molar-refractivity contribution in [1.29, 1.82) is 0 Å². The number of carbonyl (C=O) groups is 1. The number of alkyl halides is 3. The second-order valence-corrected chi connectivity index (χ2v) is 8.65. The maximum absolute atomic E-state index is 12.9. The minimum Gasteiger partial charge on any atom is -0.461 e. The number of hydrogen-bond donors (Lipinski definition) is 0. The number of esters is 1. The highest BCUT2D eigenvalue weighted by molar-refractivity contribution is 5.75. The fraction of sp³-hybridized carbons (Fsp3) is 0.619. The summed E-state index contributed by atoms with van der Waals surface area (Å²) in [6.07, 6.45) is -2.32. The lowest BCUT2D eigenvalue weighted by atomic mass is 9.75. The Morgan fingerprint density at radius 1 is 1.26 bits per heavy atom. The van der Waals surface area contributed by atoms with Crippen LogP contribution >= 0.6 is 0 Å². The number of fused-ring (bicyclic) bond motifs is 1. The molecule has 0 spiro atoms. The number of hydrogen-bond acceptors (Lipinski definition) is 5. The van der Waals surface area contributed by atoms with Gasteiger partial charge in [0.15, 0.2) is 0 Å². The Morgan fingerprint density at radius 2 is 1.94 bits per heavy atom. The van der Waals surface area contributed by atoms with Crippen LogP contribution in [-0.4, -0.2) is 26.2 Å². The van der Waals surface area contributed by atoms with Crippen molar-refractivity contribution >= 4 is 17.0 Å². The number of nitrogens with zero attached hydrogens (tertiary/aromatic N) is 3. The molecule has 0 N–H and O–H groups in total. The number of halogens is 3. The van der Waals surface area contributed by atoms with E-state index in [0.717, 1.165) is 23.5 Å². The van der Waals surface area contributed by atoms with Crippen molar-refractivity contribution in [3.63, 3.8) is 0 Å². The monoisotopic (exact) mass is 441 g/mol. The molecule has 2 aromatic rings. The van der Waals surface area contributed by atoms with Crippen LogP contribution in [0.2, 0.25) is 0 Å². The molecule has 0 amide bonds. The summed E-state index contributed by atoms with van der Waals surface area (Å²) >= 11 is 0. The molecule has 1 aliphatic rings. The lowest BCUT2D eigenvalue weighted by Crippen LogP contribution is -2.43. The van der Waals surface area contributed by atoms with Gasteiger partial charge < -0.3 is 4.74 Å². The molecule has 7 nitrogen and oxygen atoms in total. The van der Waals surface area contributed by atoms with Gasteiger partial charge in [-0.15, -0.1) is 0 Å². The molecule has 0 radical (unpaired) electrons. The number of aryl methyl sites for hydroxylation is 1. The summed E-state index contributed by atoms with van der Waals surface area (Å²) in [5.74, 6) is 0.192. The molecule has 2 heterocycles. The van der Waals surface area contributed by atoms with Crippen molar-refractivity contribution in [2.45, 2.75) is 58.9 Å². The van der Waals surface area contributed by atoms with Crippen molar-refractivity contribution in [1.82, 2.24) is 14.1 Å². The summed E-state index contributed by atoms with van der Waals surface area (Å²) in [6, 6.07) is 1.64. The van der Waals surface area contributed by atoms with E-state index in [1.54, 1.807) is 0 Å². The Balaban J connectivity index is 1.92. The molecule has 1 saturated carbocycles. The van der Waals surface area contributed by atoms with Gasteiger partial charge in [0.2, 0.25) is 0 Å². The van der Waals surface area contributed by atoms with Crippen molar-refractivity contribution < 1.29 is 22.7 Å². The molecule has 3 atom stereocenters. The molecule has 0 saturated heterocycles. The van der Waals surface area contributed by atoms with E-state index in [-0.39, 0.29) is 17.4 Å². The highest BCUT2D eigenvalue weighted by Gasteiger charge is 2.34. The predicted molar refractivity (Wildman–Crippen MR) is 107 cm³/mol. The fourth-order valence-electron chi connectivity index (χ4n) is 4.26. The second-order valence-electron chi connectivity index (χ2n) is 8.65. The summed E-state index contributed by atoms with van der Waals surface area (Å²) in [4.78, 5) is 41.4. The molecule has 0 unspecified atom stereocenters. The standard InChI is InChI=1S/C21H26F3N3O4/c1-11(2)13-6-5-12(3)9-15(13)31-17(28)10-27-19(29)14-7-8-16(21(22,23)24)25-18(14)26(4)20(27)30/h7-8,11-13,15H,5-6,9-10H2,1-4H3/t12-,13-,15-/m1/s1. The molecule has 0 bridgehead atoms. The Kier molecular flexibility index (Phi) is 6.29. The number of ether oxygens (including phenoxy) is 1. The molecule has 3 rings (SSSR count). The third-order valence-corrected chi connectivity index (χ3v) is 6.01. The normalized spacial score (nSPS) is 22.1. The zero-order chi connectivity index (χ0) is 23.1. The van der Waals surface area contributed by atoms with Crippen LogP contribution in [0.5, 0.6) is 0 Å². The highest BCUT2D eigenvalue weighted by Crippen LogP contribution is 2.35. The van der Waals surface area contributed by atoms with Crippen LogP contribution in [0.15, 0.2) is 21.7 Å². The van der Waals surface area contributed by atoms with E-state index in [0.29, 0.717) is 28.9 Å². The van der Waals surface area contributed by atoms with Gasteiger partial charge in [-0.1, -0.05) is 27.2 Å². The molecular formula is C21H26F3N3O4. The Bertz CT molecular complexity index is 1100. The smallest absolute Gasteiger partial charge is 0.433 e. The summed E-state index contributed by atoms with van der Waals surface area (Å²) in [6.45, 7) is 5.60. The zero-order valence-corrected chi connectivity index (χ0v) is 17.9. The topological polar surface area (TPSA) is 83.2 Å². The van der Waals surface area contributed by atoms with Gasteiger partial charge in [0.1, 0.15) is 24.0 Å². The minimum absolute atomic E-state index is 0.186. The maximum Gasteiger partial charge on any atom is 0.433 e. The molecule has 0 aromatic carbocycles. The summed E-state index contributed by atoms with van der Waals surface area (Å²) < 4.78 is 46.0. The first-order chi connectivity index (χ1) is 14.4. The highest BCUT2D eigenvalue weighted by atomic mass is 19.4. The lowest BCUT2D eigenvalue weighted by molar-refractivity contribution is -0.156. The molecule has 1 fully saturated rings. The molecular weight excluding hydrogens is 415 g/mol. The second kappa shape index (κ2) is 8.47. The number of carbonyl (C=O) groups excluding carboxylic acids is 1. The zero-order valence-electron chi connectivity index (χ0n) is 17.9. The van der Waals surface area contributed by atoms with Gasteiger partial charge >= 0.3 is 17.8 Å². The summed E-state index contributed by atoms with van der Waals surface area (Å²) in [7, 11) is 1.21. The average molecular weight is 441 g/mol. The third-order valence-electron chi connectivity index (χ3n) is 6.01. The number of pyridine rings is 1. The Labute approximate surface area is 176 Å². The predicted octanol–water partition coefficient (Wildman–Crippen LogP) is 3.12.